The molecule has 0 aliphatic heterocycles. The van der Waals surface area contributed by atoms with Crippen LogP contribution in [0.2, 0.25) is 0 Å². The number of rotatable bonds is 4. The maximum Gasteiger partial charge on any atom is 0.254 e. The third kappa shape index (κ3) is 2.52. The molecule has 2 aromatic heterocycles. The molecule has 0 radical (unpaired) electrons. The molecule has 1 N–H and O–H groups in total. The van der Waals surface area contributed by atoms with Gasteiger partial charge in [-0.2, -0.15) is 14.6 Å². The molecule has 0 unspecified atom stereocenters. The van der Waals surface area contributed by atoms with Crippen molar-refractivity contribution < 1.29 is 4.74 Å². The van der Waals surface area contributed by atoms with Crippen molar-refractivity contribution in [1.29, 1.82) is 0 Å². The molecule has 0 amide bonds. The van der Waals surface area contributed by atoms with E-state index in [0.29, 0.717) is 5.78 Å². The molecule has 6 nitrogen and oxygen atoms in total. The van der Waals surface area contributed by atoms with Crippen LogP contribution in [0.1, 0.15) is 24.2 Å². The molecule has 3 rings (SSSR count). The van der Waals surface area contributed by atoms with Crippen molar-refractivity contribution in [2.75, 3.05) is 12.4 Å². The fraction of sp³-hybridized carbons (Fsp3) is 0.267. The largest absolute Gasteiger partial charge is 0.496 e. The zero-order valence-corrected chi connectivity index (χ0v) is 12.2. The number of fused-ring (bicyclic) bond motifs is 1. The van der Waals surface area contributed by atoms with Gasteiger partial charge >= 0.3 is 0 Å². The van der Waals surface area contributed by atoms with Crippen LogP contribution in [0.25, 0.3) is 5.78 Å². The fourth-order valence-electron chi connectivity index (χ4n) is 2.36. The molecule has 6 heteroatoms. The Labute approximate surface area is 122 Å². The van der Waals surface area contributed by atoms with Crippen LogP contribution in [-0.2, 0) is 0 Å². The highest BCUT2D eigenvalue weighted by Crippen LogP contribution is 2.27. The normalized spacial score (nSPS) is 12.3. The summed E-state index contributed by atoms with van der Waals surface area (Å²) in [4.78, 5) is 8.46. The van der Waals surface area contributed by atoms with Crippen molar-refractivity contribution >= 4 is 11.6 Å². The quantitative estimate of drug-likeness (QED) is 0.797. The Morgan fingerprint density at radius 1 is 1.29 bits per heavy atom. The molecular formula is C15H17N5O. The Kier molecular flexibility index (Phi) is 3.43. The molecule has 2 heterocycles. The third-order valence-electron chi connectivity index (χ3n) is 3.35. The molecule has 0 bridgehead atoms. The number of nitrogens with one attached hydrogen (secondary N) is 1. The van der Waals surface area contributed by atoms with E-state index in [1.807, 2.05) is 37.3 Å². The highest BCUT2D eigenvalue weighted by Gasteiger charge is 2.13. The molecule has 0 saturated carbocycles. The SMILES string of the molecule is COc1ccccc1[C@@H](C)Nc1cc(C)nc2ncnn12. The zero-order valence-electron chi connectivity index (χ0n) is 12.2. The lowest BCUT2D eigenvalue weighted by Crippen LogP contribution is -2.12. The molecule has 0 fully saturated rings. The van der Waals surface area contributed by atoms with Crippen molar-refractivity contribution in [2.24, 2.45) is 0 Å². The number of nitrogens with zero attached hydrogens (tertiary/aromatic N) is 4. The van der Waals surface area contributed by atoms with Crippen LogP contribution in [0, 0.1) is 6.92 Å². The van der Waals surface area contributed by atoms with Gasteiger partial charge in [0.1, 0.15) is 17.9 Å². The van der Waals surface area contributed by atoms with E-state index in [2.05, 4.69) is 27.3 Å². The van der Waals surface area contributed by atoms with Gasteiger partial charge < -0.3 is 10.1 Å². The van der Waals surface area contributed by atoms with E-state index in [1.165, 1.54) is 6.33 Å². The van der Waals surface area contributed by atoms with E-state index >= 15 is 0 Å². The molecule has 1 aromatic carbocycles. The van der Waals surface area contributed by atoms with Crippen molar-refractivity contribution in [2.45, 2.75) is 19.9 Å². The minimum Gasteiger partial charge on any atom is -0.496 e. The summed E-state index contributed by atoms with van der Waals surface area (Å²) < 4.78 is 7.11. The van der Waals surface area contributed by atoms with Crippen molar-refractivity contribution in [3.05, 3.63) is 47.9 Å². The van der Waals surface area contributed by atoms with Gasteiger partial charge in [0.15, 0.2) is 0 Å². The zero-order chi connectivity index (χ0) is 14.8. The number of para-hydroxylation sites is 1. The summed E-state index contributed by atoms with van der Waals surface area (Å²) in [5, 5.41) is 7.64. The number of ether oxygens (including phenoxy) is 1. The van der Waals surface area contributed by atoms with E-state index in [1.54, 1.807) is 11.6 Å². The molecule has 108 valence electrons. The first-order chi connectivity index (χ1) is 10.2. The Morgan fingerprint density at radius 2 is 2.10 bits per heavy atom. The van der Waals surface area contributed by atoms with Crippen molar-refractivity contribution in [1.82, 2.24) is 19.6 Å². The summed E-state index contributed by atoms with van der Waals surface area (Å²) in [5.41, 5.74) is 1.98. The lowest BCUT2D eigenvalue weighted by atomic mass is 10.1. The Balaban J connectivity index is 1.96. The number of hydrogen-bond acceptors (Lipinski definition) is 5. The van der Waals surface area contributed by atoms with Crippen LogP contribution in [0.15, 0.2) is 36.7 Å². The third-order valence-corrected chi connectivity index (χ3v) is 3.35. The van der Waals surface area contributed by atoms with Crippen LogP contribution >= 0.6 is 0 Å². The standard InChI is InChI=1S/C15H17N5O/c1-10-8-14(20-15(18-10)16-9-17-20)19-11(2)12-6-4-5-7-13(12)21-3/h4-9,11,19H,1-3H3/t11-/m1/s1. The smallest absolute Gasteiger partial charge is 0.254 e. The Hall–Kier alpha value is -2.63. The van der Waals surface area contributed by atoms with Crippen LogP contribution in [0.4, 0.5) is 5.82 Å². The molecule has 0 aliphatic carbocycles. The number of aromatic nitrogens is 4. The highest BCUT2D eigenvalue weighted by atomic mass is 16.5. The average molecular weight is 283 g/mol. The van der Waals surface area contributed by atoms with Crippen molar-refractivity contribution in [3.63, 3.8) is 0 Å². The Bertz CT molecular complexity index is 768. The van der Waals surface area contributed by atoms with Crippen LogP contribution in [0.5, 0.6) is 5.75 Å². The molecule has 3 aromatic rings. The summed E-state index contributed by atoms with van der Waals surface area (Å²) in [5.74, 6) is 2.30. The number of aryl methyl sites for hydroxylation is 1. The van der Waals surface area contributed by atoms with E-state index in [0.717, 1.165) is 22.8 Å². The maximum absolute atomic E-state index is 5.41. The second-order valence-electron chi connectivity index (χ2n) is 4.86. The van der Waals surface area contributed by atoms with E-state index in [9.17, 15) is 0 Å². The van der Waals surface area contributed by atoms with E-state index in [-0.39, 0.29) is 6.04 Å². The summed E-state index contributed by atoms with van der Waals surface area (Å²) in [6.45, 7) is 4.02. The molecule has 0 spiro atoms. The predicted molar refractivity (Wildman–Crippen MR) is 80.6 cm³/mol. The Morgan fingerprint density at radius 3 is 2.90 bits per heavy atom. The van der Waals surface area contributed by atoms with Gasteiger partial charge in [0.25, 0.3) is 5.78 Å². The van der Waals surface area contributed by atoms with Gasteiger partial charge in [-0.1, -0.05) is 18.2 Å². The molecule has 0 saturated heterocycles. The topological polar surface area (TPSA) is 64.3 Å². The monoisotopic (exact) mass is 283 g/mol. The highest BCUT2D eigenvalue weighted by molar-refractivity contribution is 5.48. The second-order valence-corrected chi connectivity index (χ2v) is 4.86. The second kappa shape index (κ2) is 5.40. The molecule has 1 atom stereocenters. The summed E-state index contributed by atoms with van der Waals surface area (Å²) in [6.07, 6.45) is 1.50. The van der Waals surface area contributed by atoms with Crippen LogP contribution < -0.4 is 10.1 Å². The first kappa shape index (κ1) is 13.4. The molecule has 0 aliphatic rings. The summed E-state index contributed by atoms with van der Waals surface area (Å²) in [7, 11) is 1.68. The number of hydrogen-bond donors (Lipinski definition) is 1. The fourth-order valence-corrected chi connectivity index (χ4v) is 2.36. The number of methoxy groups -OCH3 is 1. The minimum absolute atomic E-state index is 0.0651. The maximum atomic E-state index is 5.41. The van der Waals surface area contributed by atoms with Gasteiger partial charge in [0.05, 0.1) is 13.2 Å². The van der Waals surface area contributed by atoms with Gasteiger partial charge in [0, 0.05) is 17.3 Å². The van der Waals surface area contributed by atoms with Crippen molar-refractivity contribution in [3.8, 4) is 5.75 Å². The lowest BCUT2D eigenvalue weighted by molar-refractivity contribution is 0.408. The number of benzene rings is 1. The molecule has 21 heavy (non-hydrogen) atoms. The van der Waals surface area contributed by atoms with E-state index < -0.39 is 0 Å². The minimum atomic E-state index is 0.0651. The van der Waals surface area contributed by atoms with E-state index in [4.69, 9.17) is 4.74 Å². The van der Waals surface area contributed by atoms with Gasteiger partial charge in [-0.3, -0.25) is 0 Å². The molecular weight excluding hydrogens is 266 g/mol. The first-order valence-electron chi connectivity index (χ1n) is 6.76. The summed E-state index contributed by atoms with van der Waals surface area (Å²) in [6, 6.07) is 9.98. The average Bonchev–Trinajstić information content (AvgIpc) is 2.95. The van der Waals surface area contributed by atoms with Crippen LogP contribution in [0.3, 0.4) is 0 Å². The van der Waals surface area contributed by atoms with Gasteiger partial charge in [-0.05, 0) is 19.9 Å². The van der Waals surface area contributed by atoms with Crippen LogP contribution in [-0.4, -0.2) is 26.7 Å². The number of anilines is 1. The van der Waals surface area contributed by atoms with Gasteiger partial charge in [-0.25, -0.2) is 4.98 Å². The van der Waals surface area contributed by atoms with Gasteiger partial charge in [-0.15, -0.1) is 0 Å². The first-order valence-corrected chi connectivity index (χ1v) is 6.76. The summed E-state index contributed by atoms with van der Waals surface area (Å²) >= 11 is 0. The van der Waals surface area contributed by atoms with Gasteiger partial charge in [0.2, 0.25) is 0 Å². The lowest BCUT2D eigenvalue weighted by Gasteiger charge is -2.18. The predicted octanol–water partition coefficient (Wildman–Crippen LogP) is 2.61.